The predicted octanol–water partition coefficient (Wildman–Crippen LogP) is 1.56. The highest BCUT2D eigenvalue weighted by atomic mass is 16.5. The summed E-state index contributed by atoms with van der Waals surface area (Å²) < 4.78 is 4.99. The maximum atomic E-state index is 4.99. The Labute approximate surface area is 96.4 Å². The third kappa shape index (κ3) is 2.93. The molecular formula is C12H19N3O. The molecule has 4 nitrogen and oxygen atoms in total. The zero-order chi connectivity index (χ0) is 11.2. The van der Waals surface area contributed by atoms with Crippen LogP contribution in [0.4, 0.5) is 5.82 Å². The van der Waals surface area contributed by atoms with Gasteiger partial charge in [0.1, 0.15) is 5.82 Å². The number of ether oxygens (including phenoxy) is 1. The van der Waals surface area contributed by atoms with Gasteiger partial charge >= 0.3 is 0 Å². The molecule has 0 saturated carbocycles. The smallest absolute Gasteiger partial charge is 0.126 e. The SMILES string of the molecule is COCCNc1cccc([C@H]2CCCN2)n1. The topological polar surface area (TPSA) is 46.2 Å². The zero-order valence-electron chi connectivity index (χ0n) is 9.70. The van der Waals surface area contributed by atoms with Crippen molar-refractivity contribution in [3.05, 3.63) is 23.9 Å². The molecule has 88 valence electrons. The van der Waals surface area contributed by atoms with Crippen molar-refractivity contribution >= 4 is 5.82 Å². The summed E-state index contributed by atoms with van der Waals surface area (Å²) in [4.78, 5) is 4.60. The van der Waals surface area contributed by atoms with Crippen LogP contribution < -0.4 is 10.6 Å². The fourth-order valence-electron chi connectivity index (χ4n) is 1.96. The first-order valence-corrected chi connectivity index (χ1v) is 5.83. The number of aromatic nitrogens is 1. The van der Waals surface area contributed by atoms with E-state index in [1.165, 1.54) is 12.8 Å². The van der Waals surface area contributed by atoms with Crippen molar-refractivity contribution < 1.29 is 4.74 Å². The van der Waals surface area contributed by atoms with Gasteiger partial charge in [-0.25, -0.2) is 4.98 Å². The van der Waals surface area contributed by atoms with E-state index in [1.807, 2.05) is 6.07 Å². The minimum atomic E-state index is 0.434. The van der Waals surface area contributed by atoms with Gasteiger partial charge < -0.3 is 15.4 Å². The molecule has 0 amide bonds. The second kappa shape index (κ2) is 5.82. The second-order valence-electron chi connectivity index (χ2n) is 4.02. The van der Waals surface area contributed by atoms with Crippen LogP contribution in [0.3, 0.4) is 0 Å². The van der Waals surface area contributed by atoms with Gasteiger partial charge in [0, 0.05) is 19.7 Å². The van der Waals surface area contributed by atoms with Gasteiger partial charge in [0.15, 0.2) is 0 Å². The maximum absolute atomic E-state index is 4.99. The summed E-state index contributed by atoms with van der Waals surface area (Å²) in [5.41, 5.74) is 1.14. The summed E-state index contributed by atoms with van der Waals surface area (Å²) in [6, 6.07) is 6.57. The summed E-state index contributed by atoms with van der Waals surface area (Å²) in [5.74, 6) is 0.934. The van der Waals surface area contributed by atoms with Crippen molar-refractivity contribution in [3.63, 3.8) is 0 Å². The zero-order valence-corrected chi connectivity index (χ0v) is 9.70. The maximum Gasteiger partial charge on any atom is 0.126 e. The van der Waals surface area contributed by atoms with E-state index in [1.54, 1.807) is 7.11 Å². The largest absolute Gasteiger partial charge is 0.383 e. The van der Waals surface area contributed by atoms with Crippen molar-refractivity contribution in [2.45, 2.75) is 18.9 Å². The number of anilines is 1. The van der Waals surface area contributed by atoms with Crippen molar-refractivity contribution in [3.8, 4) is 0 Å². The van der Waals surface area contributed by atoms with Crippen LogP contribution in [0.5, 0.6) is 0 Å². The van der Waals surface area contributed by atoms with Gasteiger partial charge in [0.25, 0.3) is 0 Å². The van der Waals surface area contributed by atoms with Crippen molar-refractivity contribution in [1.82, 2.24) is 10.3 Å². The molecule has 0 aromatic carbocycles. The highest BCUT2D eigenvalue weighted by molar-refractivity contribution is 5.36. The number of rotatable bonds is 5. The minimum Gasteiger partial charge on any atom is -0.383 e. The van der Waals surface area contributed by atoms with E-state index in [2.05, 4.69) is 27.8 Å². The van der Waals surface area contributed by atoms with Gasteiger partial charge in [-0.1, -0.05) is 6.07 Å². The van der Waals surface area contributed by atoms with Crippen LogP contribution in [0.2, 0.25) is 0 Å². The van der Waals surface area contributed by atoms with Crippen LogP contribution in [0.1, 0.15) is 24.6 Å². The number of nitrogens with zero attached hydrogens (tertiary/aromatic N) is 1. The van der Waals surface area contributed by atoms with E-state index in [0.29, 0.717) is 12.6 Å². The lowest BCUT2D eigenvalue weighted by molar-refractivity contribution is 0.210. The molecule has 1 aliphatic rings. The molecule has 1 atom stereocenters. The first kappa shape index (κ1) is 11.4. The predicted molar refractivity (Wildman–Crippen MR) is 64.6 cm³/mol. The van der Waals surface area contributed by atoms with Crippen LogP contribution in [0.25, 0.3) is 0 Å². The Morgan fingerprint density at radius 3 is 3.25 bits per heavy atom. The lowest BCUT2D eigenvalue weighted by Crippen LogP contribution is -2.15. The Morgan fingerprint density at radius 1 is 1.56 bits per heavy atom. The van der Waals surface area contributed by atoms with Crippen LogP contribution in [0, 0.1) is 0 Å². The Morgan fingerprint density at radius 2 is 2.50 bits per heavy atom. The molecule has 2 rings (SSSR count). The summed E-state index contributed by atoms with van der Waals surface area (Å²) >= 11 is 0. The highest BCUT2D eigenvalue weighted by Crippen LogP contribution is 2.21. The highest BCUT2D eigenvalue weighted by Gasteiger charge is 2.17. The number of methoxy groups -OCH3 is 1. The monoisotopic (exact) mass is 221 g/mol. The van der Waals surface area contributed by atoms with E-state index in [-0.39, 0.29) is 0 Å². The number of nitrogens with one attached hydrogen (secondary N) is 2. The number of hydrogen-bond acceptors (Lipinski definition) is 4. The lowest BCUT2D eigenvalue weighted by atomic mass is 10.1. The number of pyridine rings is 1. The summed E-state index contributed by atoms with van der Waals surface area (Å²) in [5, 5.41) is 6.70. The molecule has 0 unspecified atom stereocenters. The van der Waals surface area contributed by atoms with Crippen LogP contribution in [0.15, 0.2) is 18.2 Å². The second-order valence-corrected chi connectivity index (χ2v) is 4.02. The molecule has 0 spiro atoms. The molecule has 2 heterocycles. The first-order chi connectivity index (χ1) is 7.90. The van der Waals surface area contributed by atoms with Gasteiger partial charge in [-0.15, -0.1) is 0 Å². The molecule has 0 radical (unpaired) electrons. The molecule has 1 fully saturated rings. The minimum absolute atomic E-state index is 0.434. The first-order valence-electron chi connectivity index (χ1n) is 5.83. The van der Waals surface area contributed by atoms with Gasteiger partial charge in [0.2, 0.25) is 0 Å². The number of hydrogen-bond donors (Lipinski definition) is 2. The fourth-order valence-corrected chi connectivity index (χ4v) is 1.96. The molecule has 1 aromatic heterocycles. The van der Waals surface area contributed by atoms with E-state index in [9.17, 15) is 0 Å². The van der Waals surface area contributed by atoms with E-state index >= 15 is 0 Å². The lowest BCUT2D eigenvalue weighted by Gasteiger charge is -2.11. The molecular weight excluding hydrogens is 202 g/mol. The average Bonchev–Trinajstić information content (AvgIpc) is 2.83. The summed E-state index contributed by atoms with van der Waals surface area (Å²) in [7, 11) is 1.70. The molecule has 1 saturated heterocycles. The molecule has 0 bridgehead atoms. The van der Waals surface area contributed by atoms with Gasteiger partial charge in [-0.05, 0) is 31.5 Å². The van der Waals surface area contributed by atoms with Crippen molar-refractivity contribution in [2.24, 2.45) is 0 Å². The normalized spacial score (nSPS) is 19.9. The molecule has 2 N–H and O–H groups in total. The Bertz CT molecular complexity index is 324. The van der Waals surface area contributed by atoms with Gasteiger partial charge in [-0.2, -0.15) is 0 Å². The Hall–Kier alpha value is -1.13. The Balaban J connectivity index is 1.95. The van der Waals surface area contributed by atoms with Crippen LogP contribution in [-0.2, 0) is 4.74 Å². The molecule has 1 aliphatic heterocycles. The van der Waals surface area contributed by atoms with Crippen molar-refractivity contribution in [1.29, 1.82) is 0 Å². The van der Waals surface area contributed by atoms with E-state index in [0.717, 1.165) is 24.6 Å². The fraction of sp³-hybridized carbons (Fsp3) is 0.583. The summed E-state index contributed by atoms with van der Waals surface area (Å²) in [6.45, 7) is 2.60. The van der Waals surface area contributed by atoms with E-state index < -0.39 is 0 Å². The Kier molecular flexibility index (Phi) is 4.13. The standard InChI is InChI=1S/C12H19N3O/c1-16-9-8-14-12-6-2-4-11(15-12)10-5-3-7-13-10/h2,4,6,10,13H,3,5,7-9H2,1H3,(H,14,15)/t10-/m1/s1. The van der Waals surface area contributed by atoms with E-state index in [4.69, 9.17) is 4.74 Å². The molecule has 1 aromatic rings. The third-order valence-electron chi connectivity index (χ3n) is 2.80. The molecule has 0 aliphatic carbocycles. The van der Waals surface area contributed by atoms with Gasteiger partial charge in [-0.3, -0.25) is 0 Å². The third-order valence-corrected chi connectivity index (χ3v) is 2.80. The molecule has 4 heteroatoms. The summed E-state index contributed by atoms with van der Waals surface area (Å²) in [6.07, 6.45) is 2.43. The quantitative estimate of drug-likeness (QED) is 0.741. The average molecular weight is 221 g/mol. The molecule has 16 heavy (non-hydrogen) atoms. The van der Waals surface area contributed by atoms with Gasteiger partial charge in [0.05, 0.1) is 12.3 Å². The van der Waals surface area contributed by atoms with Crippen LogP contribution in [-0.4, -0.2) is 31.8 Å². The van der Waals surface area contributed by atoms with Crippen molar-refractivity contribution in [2.75, 3.05) is 32.1 Å². The van der Waals surface area contributed by atoms with Crippen LogP contribution >= 0.6 is 0 Å².